The molecule has 0 aliphatic carbocycles. The molecule has 0 aromatic carbocycles. The second-order valence-electron chi connectivity index (χ2n) is 3.12. The molecule has 0 fully saturated rings. The van der Waals surface area contributed by atoms with Gasteiger partial charge in [-0.15, -0.1) is 0 Å². The largest absolute Gasteiger partial charge is 0.389 e. The van der Waals surface area contributed by atoms with E-state index in [1.54, 1.807) is 7.11 Å². The molecule has 15 heavy (non-hydrogen) atoms. The van der Waals surface area contributed by atoms with Gasteiger partial charge in [-0.3, -0.25) is 0 Å². The standard InChI is InChI=1S/C10H23NO4/c1-3-14-6-7-15-9-10(12)8-11-4-5-13-2/h10-12H,3-9H2,1-2H3. The maximum Gasteiger partial charge on any atom is 0.0897 e. The molecule has 0 rings (SSSR count). The van der Waals surface area contributed by atoms with Crippen molar-refractivity contribution in [3.63, 3.8) is 0 Å². The molecule has 0 aliphatic rings. The van der Waals surface area contributed by atoms with Gasteiger partial charge in [0.25, 0.3) is 0 Å². The lowest BCUT2D eigenvalue weighted by Crippen LogP contribution is -2.32. The predicted octanol–water partition coefficient (Wildman–Crippen LogP) is -0.364. The minimum absolute atomic E-state index is 0.340. The summed E-state index contributed by atoms with van der Waals surface area (Å²) >= 11 is 0. The highest BCUT2D eigenvalue weighted by Gasteiger charge is 2.02. The van der Waals surface area contributed by atoms with Crippen molar-refractivity contribution in [1.29, 1.82) is 0 Å². The lowest BCUT2D eigenvalue weighted by Gasteiger charge is -2.12. The second kappa shape index (κ2) is 11.9. The van der Waals surface area contributed by atoms with Crippen LogP contribution in [0.25, 0.3) is 0 Å². The third kappa shape index (κ3) is 11.7. The minimum atomic E-state index is -0.469. The normalized spacial score (nSPS) is 13.0. The molecule has 0 spiro atoms. The third-order valence-corrected chi connectivity index (χ3v) is 1.75. The number of ether oxygens (including phenoxy) is 3. The molecule has 0 saturated heterocycles. The van der Waals surface area contributed by atoms with E-state index in [-0.39, 0.29) is 0 Å². The van der Waals surface area contributed by atoms with Crippen LogP contribution in [-0.2, 0) is 14.2 Å². The Morgan fingerprint density at radius 1 is 1.20 bits per heavy atom. The van der Waals surface area contributed by atoms with Crippen LogP contribution in [0.5, 0.6) is 0 Å². The number of aliphatic hydroxyl groups is 1. The number of rotatable bonds is 11. The number of hydrogen-bond acceptors (Lipinski definition) is 5. The van der Waals surface area contributed by atoms with Gasteiger partial charge in [0.2, 0.25) is 0 Å². The molecular formula is C10H23NO4. The van der Waals surface area contributed by atoms with E-state index in [0.717, 1.165) is 6.54 Å². The van der Waals surface area contributed by atoms with E-state index in [2.05, 4.69) is 5.32 Å². The third-order valence-electron chi connectivity index (χ3n) is 1.75. The zero-order valence-electron chi connectivity index (χ0n) is 9.70. The molecule has 0 amide bonds. The van der Waals surface area contributed by atoms with Crippen LogP contribution in [0.4, 0.5) is 0 Å². The van der Waals surface area contributed by atoms with Crippen LogP contribution in [0, 0.1) is 0 Å². The van der Waals surface area contributed by atoms with Crippen molar-refractivity contribution in [3.05, 3.63) is 0 Å². The monoisotopic (exact) mass is 221 g/mol. The van der Waals surface area contributed by atoms with Crippen molar-refractivity contribution < 1.29 is 19.3 Å². The Morgan fingerprint density at radius 2 is 1.93 bits per heavy atom. The summed E-state index contributed by atoms with van der Waals surface area (Å²) in [5.74, 6) is 0. The quantitative estimate of drug-likeness (QED) is 0.466. The van der Waals surface area contributed by atoms with Gasteiger partial charge in [0.1, 0.15) is 0 Å². The van der Waals surface area contributed by atoms with Gasteiger partial charge in [-0.05, 0) is 6.92 Å². The first-order chi connectivity index (χ1) is 7.31. The molecule has 0 saturated carbocycles. The highest BCUT2D eigenvalue weighted by molar-refractivity contribution is 4.57. The second-order valence-corrected chi connectivity index (χ2v) is 3.12. The first-order valence-electron chi connectivity index (χ1n) is 5.34. The summed E-state index contributed by atoms with van der Waals surface area (Å²) in [6.07, 6.45) is -0.469. The molecule has 1 unspecified atom stereocenters. The van der Waals surface area contributed by atoms with Crippen molar-refractivity contribution in [3.8, 4) is 0 Å². The van der Waals surface area contributed by atoms with Crippen LogP contribution >= 0.6 is 0 Å². The highest BCUT2D eigenvalue weighted by atomic mass is 16.5. The van der Waals surface area contributed by atoms with E-state index >= 15 is 0 Å². The van der Waals surface area contributed by atoms with Gasteiger partial charge in [-0.1, -0.05) is 0 Å². The summed E-state index contributed by atoms with van der Waals surface area (Å²) in [5, 5.41) is 12.5. The number of hydrogen-bond donors (Lipinski definition) is 2. The van der Waals surface area contributed by atoms with Crippen molar-refractivity contribution in [2.45, 2.75) is 13.0 Å². The number of aliphatic hydroxyl groups excluding tert-OH is 1. The zero-order valence-corrected chi connectivity index (χ0v) is 9.70. The lowest BCUT2D eigenvalue weighted by atomic mass is 10.4. The lowest BCUT2D eigenvalue weighted by molar-refractivity contribution is 0.00618. The van der Waals surface area contributed by atoms with Crippen LogP contribution in [-0.4, -0.2) is 64.4 Å². The molecule has 0 aromatic rings. The highest BCUT2D eigenvalue weighted by Crippen LogP contribution is 1.85. The fourth-order valence-electron chi connectivity index (χ4n) is 0.983. The fourth-order valence-corrected chi connectivity index (χ4v) is 0.983. The van der Waals surface area contributed by atoms with E-state index in [0.29, 0.717) is 39.6 Å². The van der Waals surface area contributed by atoms with Crippen molar-refractivity contribution >= 4 is 0 Å². The zero-order chi connectivity index (χ0) is 11.4. The summed E-state index contributed by atoms with van der Waals surface area (Å²) in [6, 6.07) is 0. The Morgan fingerprint density at radius 3 is 2.60 bits per heavy atom. The summed E-state index contributed by atoms with van der Waals surface area (Å²) < 4.78 is 15.2. The Hall–Kier alpha value is -0.200. The van der Waals surface area contributed by atoms with Crippen molar-refractivity contribution in [2.75, 3.05) is 53.2 Å². The molecule has 2 N–H and O–H groups in total. The molecule has 0 radical (unpaired) electrons. The predicted molar refractivity (Wildman–Crippen MR) is 58.1 cm³/mol. The molecule has 5 nitrogen and oxygen atoms in total. The van der Waals surface area contributed by atoms with Gasteiger partial charge in [0, 0.05) is 26.8 Å². The van der Waals surface area contributed by atoms with Gasteiger partial charge >= 0.3 is 0 Å². The summed E-state index contributed by atoms with van der Waals surface area (Å²) in [4.78, 5) is 0. The number of methoxy groups -OCH3 is 1. The Balaban J connectivity index is 3.08. The Labute approximate surface area is 91.7 Å². The van der Waals surface area contributed by atoms with Crippen LogP contribution in [0.1, 0.15) is 6.92 Å². The van der Waals surface area contributed by atoms with Gasteiger partial charge in [0.05, 0.1) is 32.5 Å². The topological polar surface area (TPSA) is 60.0 Å². The maximum absolute atomic E-state index is 9.44. The molecule has 0 aromatic heterocycles. The smallest absolute Gasteiger partial charge is 0.0897 e. The van der Waals surface area contributed by atoms with Crippen molar-refractivity contribution in [1.82, 2.24) is 5.32 Å². The van der Waals surface area contributed by atoms with Gasteiger partial charge in [-0.2, -0.15) is 0 Å². The molecular weight excluding hydrogens is 198 g/mol. The summed E-state index contributed by atoms with van der Waals surface area (Å²) in [7, 11) is 1.65. The first kappa shape index (κ1) is 14.8. The van der Waals surface area contributed by atoms with Crippen molar-refractivity contribution in [2.24, 2.45) is 0 Å². The van der Waals surface area contributed by atoms with E-state index in [1.807, 2.05) is 6.92 Å². The van der Waals surface area contributed by atoms with E-state index in [9.17, 15) is 5.11 Å². The Kier molecular flexibility index (Phi) is 11.7. The maximum atomic E-state index is 9.44. The first-order valence-corrected chi connectivity index (χ1v) is 5.34. The molecule has 1 atom stereocenters. The summed E-state index contributed by atoms with van der Waals surface area (Å²) in [6.45, 7) is 6.01. The van der Waals surface area contributed by atoms with E-state index in [4.69, 9.17) is 14.2 Å². The van der Waals surface area contributed by atoms with Crippen LogP contribution in [0.15, 0.2) is 0 Å². The van der Waals surface area contributed by atoms with Gasteiger partial charge < -0.3 is 24.6 Å². The number of nitrogens with one attached hydrogen (secondary N) is 1. The molecule has 5 heteroatoms. The molecule has 0 heterocycles. The van der Waals surface area contributed by atoms with Gasteiger partial charge in [-0.25, -0.2) is 0 Å². The van der Waals surface area contributed by atoms with Crippen LogP contribution < -0.4 is 5.32 Å². The Bertz CT molecular complexity index is 124. The minimum Gasteiger partial charge on any atom is -0.389 e. The van der Waals surface area contributed by atoms with E-state index < -0.39 is 6.10 Å². The van der Waals surface area contributed by atoms with Crippen LogP contribution in [0.2, 0.25) is 0 Å². The SMILES string of the molecule is CCOCCOCC(O)CNCCOC. The van der Waals surface area contributed by atoms with E-state index in [1.165, 1.54) is 0 Å². The average Bonchev–Trinajstić information content (AvgIpc) is 2.24. The summed E-state index contributed by atoms with van der Waals surface area (Å²) in [5.41, 5.74) is 0. The average molecular weight is 221 g/mol. The molecule has 92 valence electrons. The van der Waals surface area contributed by atoms with Gasteiger partial charge in [0.15, 0.2) is 0 Å². The molecule has 0 bridgehead atoms. The molecule has 0 aliphatic heterocycles. The van der Waals surface area contributed by atoms with Crippen LogP contribution in [0.3, 0.4) is 0 Å². The fraction of sp³-hybridized carbons (Fsp3) is 1.00.